The number of piperidine rings is 1. The van der Waals surface area contributed by atoms with Crippen LogP contribution in [0.2, 0.25) is 0 Å². The van der Waals surface area contributed by atoms with Crippen molar-refractivity contribution in [3.8, 4) is 0 Å². The number of rotatable bonds is 5. The molecule has 0 aromatic heterocycles. The quantitative estimate of drug-likeness (QED) is 0.771. The Bertz CT molecular complexity index is 475. The molecule has 24 heavy (non-hydrogen) atoms. The zero-order valence-electron chi connectivity index (χ0n) is 16.6. The van der Waals surface area contributed by atoms with E-state index in [0.29, 0.717) is 17.8 Å². The summed E-state index contributed by atoms with van der Waals surface area (Å²) in [7, 11) is 0. The van der Waals surface area contributed by atoms with Gasteiger partial charge in [0.2, 0.25) is 0 Å². The van der Waals surface area contributed by atoms with Crippen molar-refractivity contribution in [3.63, 3.8) is 0 Å². The fourth-order valence-electron chi connectivity index (χ4n) is 4.20. The number of allylic oxidation sites excluding steroid dienone is 3. The van der Waals surface area contributed by atoms with Crippen LogP contribution in [0.15, 0.2) is 23.4 Å². The van der Waals surface area contributed by atoms with Crippen molar-refractivity contribution in [2.75, 3.05) is 32.8 Å². The number of hydrogen-bond acceptors (Lipinski definition) is 3. The first-order valence-corrected chi connectivity index (χ1v) is 9.63. The molecule has 3 nitrogen and oxygen atoms in total. The molecular weight excluding hydrogens is 296 g/mol. The molecule has 0 radical (unpaired) electrons. The summed E-state index contributed by atoms with van der Waals surface area (Å²) in [6.45, 7) is 18.7. The molecule has 1 aliphatic carbocycles. The Morgan fingerprint density at radius 2 is 1.96 bits per heavy atom. The van der Waals surface area contributed by atoms with E-state index in [1.165, 1.54) is 25.1 Å². The first-order chi connectivity index (χ1) is 11.2. The first kappa shape index (κ1) is 19.5. The van der Waals surface area contributed by atoms with Crippen molar-refractivity contribution in [1.82, 2.24) is 4.90 Å². The van der Waals surface area contributed by atoms with Gasteiger partial charge >= 0.3 is 0 Å². The smallest absolute Gasteiger partial charge is 0.0593 e. The standard InChI is InChI=1S/C21H38N2O/c1-15-11-16(2)20(22)12-19(15)18-7-8-23(13-17(18)3)9-10-24-14-21(4,5)6/h11-12,15,17-19H,7-10,13-14,22H2,1-6H3/t15-,17-,18-,19?/m0/s1. The molecule has 1 fully saturated rings. The predicted molar refractivity (Wildman–Crippen MR) is 103 cm³/mol. The van der Waals surface area contributed by atoms with Gasteiger partial charge in [-0.2, -0.15) is 0 Å². The summed E-state index contributed by atoms with van der Waals surface area (Å²) in [6.07, 6.45) is 5.97. The Hall–Kier alpha value is -0.800. The van der Waals surface area contributed by atoms with E-state index in [0.717, 1.165) is 31.4 Å². The second-order valence-electron chi connectivity index (χ2n) is 9.25. The average molecular weight is 335 g/mol. The van der Waals surface area contributed by atoms with E-state index in [1.807, 2.05) is 0 Å². The van der Waals surface area contributed by atoms with E-state index >= 15 is 0 Å². The Kier molecular flexibility index (Phi) is 6.55. The van der Waals surface area contributed by atoms with Gasteiger partial charge in [0.25, 0.3) is 0 Å². The molecule has 0 bridgehead atoms. The summed E-state index contributed by atoms with van der Waals surface area (Å²) in [5, 5.41) is 0. The van der Waals surface area contributed by atoms with Crippen LogP contribution in [0.25, 0.3) is 0 Å². The predicted octanol–water partition coefficient (Wildman–Crippen LogP) is 4.06. The van der Waals surface area contributed by atoms with E-state index in [-0.39, 0.29) is 5.41 Å². The lowest BCUT2D eigenvalue weighted by atomic mass is 9.70. The van der Waals surface area contributed by atoms with Gasteiger partial charge in [-0.3, -0.25) is 0 Å². The maximum Gasteiger partial charge on any atom is 0.0593 e. The molecule has 4 atom stereocenters. The summed E-state index contributed by atoms with van der Waals surface area (Å²) in [5.74, 6) is 2.66. The number of ether oxygens (including phenoxy) is 1. The lowest BCUT2D eigenvalue weighted by molar-refractivity contribution is 0.0326. The first-order valence-electron chi connectivity index (χ1n) is 9.63. The third kappa shape index (κ3) is 5.35. The highest BCUT2D eigenvalue weighted by atomic mass is 16.5. The maximum absolute atomic E-state index is 6.19. The topological polar surface area (TPSA) is 38.5 Å². The van der Waals surface area contributed by atoms with Crippen LogP contribution in [-0.4, -0.2) is 37.7 Å². The maximum atomic E-state index is 6.19. The number of hydrogen-bond donors (Lipinski definition) is 1. The van der Waals surface area contributed by atoms with Gasteiger partial charge in [-0.1, -0.05) is 46.8 Å². The average Bonchev–Trinajstić information content (AvgIpc) is 2.47. The highest BCUT2D eigenvalue weighted by Crippen LogP contribution is 2.38. The van der Waals surface area contributed by atoms with Crippen LogP contribution in [0.1, 0.15) is 48.0 Å². The molecule has 138 valence electrons. The third-order valence-corrected chi connectivity index (χ3v) is 5.58. The highest BCUT2D eigenvalue weighted by molar-refractivity contribution is 5.32. The van der Waals surface area contributed by atoms with Crippen molar-refractivity contribution in [1.29, 1.82) is 0 Å². The summed E-state index contributed by atoms with van der Waals surface area (Å²) in [5.41, 5.74) is 8.69. The molecule has 2 N–H and O–H groups in total. The van der Waals surface area contributed by atoms with Crippen molar-refractivity contribution < 1.29 is 4.74 Å². The van der Waals surface area contributed by atoms with Crippen LogP contribution in [0.4, 0.5) is 0 Å². The molecule has 0 aromatic carbocycles. The Morgan fingerprint density at radius 1 is 1.25 bits per heavy atom. The molecule has 1 aliphatic heterocycles. The van der Waals surface area contributed by atoms with Gasteiger partial charge in [0, 0.05) is 18.8 Å². The van der Waals surface area contributed by atoms with Crippen LogP contribution in [-0.2, 0) is 4.74 Å². The van der Waals surface area contributed by atoms with E-state index < -0.39 is 0 Å². The zero-order valence-corrected chi connectivity index (χ0v) is 16.6. The van der Waals surface area contributed by atoms with Crippen molar-refractivity contribution in [2.24, 2.45) is 34.8 Å². The van der Waals surface area contributed by atoms with E-state index in [4.69, 9.17) is 10.5 Å². The molecule has 3 heteroatoms. The largest absolute Gasteiger partial charge is 0.399 e. The van der Waals surface area contributed by atoms with Gasteiger partial charge in [-0.25, -0.2) is 0 Å². The Balaban J connectivity index is 1.81. The van der Waals surface area contributed by atoms with E-state index in [1.54, 1.807) is 0 Å². The van der Waals surface area contributed by atoms with Crippen LogP contribution < -0.4 is 5.73 Å². The van der Waals surface area contributed by atoms with E-state index in [9.17, 15) is 0 Å². The van der Waals surface area contributed by atoms with Crippen LogP contribution >= 0.6 is 0 Å². The second kappa shape index (κ2) is 8.05. The van der Waals surface area contributed by atoms with Gasteiger partial charge in [0.1, 0.15) is 0 Å². The molecule has 1 unspecified atom stereocenters. The van der Waals surface area contributed by atoms with Gasteiger partial charge in [0.05, 0.1) is 13.2 Å². The van der Waals surface area contributed by atoms with Gasteiger partial charge in [0.15, 0.2) is 0 Å². The zero-order chi connectivity index (χ0) is 17.9. The highest BCUT2D eigenvalue weighted by Gasteiger charge is 2.34. The van der Waals surface area contributed by atoms with Crippen molar-refractivity contribution in [2.45, 2.75) is 48.0 Å². The molecule has 2 rings (SSSR count). The normalized spacial score (nSPS) is 32.4. The van der Waals surface area contributed by atoms with Crippen LogP contribution in [0.5, 0.6) is 0 Å². The van der Waals surface area contributed by atoms with Gasteiger partial charge in [-0.15, -0.1) is 0 Å². The minimum absolute atomic E-state index is 0.259. The molecule has 1 saturated heterocycles. The summed E-state index contributed by atoms with van der Waals surface area (Å²) >= 11 is 0. The molecule has 2 aliphatic rings. The second-order valence-corrected chi connectivity index (χ2v) is 9.25. The van der Waals surface area contributed by atoms with Crippen LogP contribution in [0, 0.1) is 29.1 Å². The summed E-state index contributed by atoms with van der Waals surface area (Å²) in [6, 6.07) is 0. The Labute approximate surface area is 149 Å². The number of likely N-dealkylation sites (tertiary alicyclic amines) is 1. The minimum atomic E-state index is 0.259. The lowest BCUT2D eigenvalue weighted by Gasteiger charge is -2.42. The van der Waals surface area contributed by atoms with E-state index in [2.05, 4.69) is 58.6 Å². The van der Waals surface area contributed by atoms with Gasteiger partial charge in [-0.05, 0) is 54.5 Å². The summed E-state index contributed by atoms with van der Waals surface area (Å²) in [4.78, 5) is 2.57. The molecule has 0 saturated carbocycles. The minimum Gasteiger partial charge on any atom is -0.399 e. The molecule has 0 spiro atoms. The van der Waals surface area contributed by atoms with Gasteiger partial charge < -0.3 is 15.4 Å². The SMILES string of the molecule is CC1=C[C@H](C)C([C@H]2CCN(CCOCC(C)(C)C)C[C@@H]2C)C=C1N. The number of nitrogens with zero attached hydrogens (tertiary/aromatic N) is 1. The Morgan fingerprint density at radius 3 is 2.58 bits per heavy atom. The fraction of sp³-hybridized carbons (Fsp3) is 0.810. The monoisotopic (exact) mass is 334 g/mol. The van der Waals surface area contributed by atoms with Crippen molar-refractivity contribution >= 4 is 0 Å². The molecule has 0 amide bonds. The van der Waals surface area contributed by atoms with Crippen LogP contribution in [0.3, 0.4) is 0 Å². The fourth-order valence-corrected chi connectivity index (χ4v) is 4.20. The molecule has 1 heterocycles. The molecule has 0 aromatic rings. The number of nitrogens with two attached hydrogens (primary N) is 1. The van der Waals surface area contributed by atoms with Crippen molar-refractivity contribution in [3.05, 3.63) is 23.4 Å². The summed E-state index contributed by atoms with van der Waals surface area (Å²) < 4.78 is 5.85. The third-order valence-electron chi connectivity index (χ3n) is 5.58. The lowest BCUT2D eigenvalue weighted by Crippen LogP contribution is -2.44. The molecular formula is C21H38N2O.